The largest absolute Gasteiger partial charge is 0.355 e. The molecule has 0 unspecified atom stereocenters. The Kier molecular flexibility index (Phi) is 4.40. The van der Waals surface area contributed by atoms with Gasteiger partial charge in [0.15, 0.2) is 0 Å². The molecule has 0 atom stereocenters. The number of rotatable bonds is 3. The summed E-state index contributed by atoms with van der Waals surface area (Å²) in [7, 11) is 0. The molecule has 0 saturated heterocycles. The van der Waals surface area contributed by atoms with Crippen LogP contribution in [-0.2, 0) is 4.79 Å². The van der Waals surface area contributed by atoms with Gasteiger partial charge in [0.25, 0.3) is 0 Å². The number of carbonyl (C=O) groups is 1. The van der Waals surface area contributed by atoms with Gasteiger partial charge in [0.1, 0.15) is 0 Å². The van der Waals surface area contributed by atoms with E-state index in [1.807, 2.05) is 0 Å². The van der Waals surface area contributed by atoms with Gasteiger partial charge in [-0.3, -0.25) is 4.79 Å². The second-order valence-corrected chi connectivity index (χ2v) is 2.35. The maximum absolute atomic E-state index is 10.8. The summed E-state index contributed by atoms with van der Waals surface area (Å²) < 4.78 is 0. The SMILES string of the molecule is Cl.NCCNC(=O)C1CC1. The van der Waals surface area contributed by atoms with Crippen LogP contribution in [0.25, 0.3) is 0 Å². The quantitative estimate of drug-likeness (QED) is 0.612. The summed E-state index contributed by atoms with van der Waals surface area (Å²) in [6.45, 7) is 1.16. The second kappa shape index (κ2) is 4.52. The van der Waals surface area contributed by atoms with Crippen LogP contribution >= 0.6 is 12.4 Å². The van der Waals surface area contributed by atoms with Crippen LogP contribution in [0.1, 0.15) is 12.8 Å². The third-order valence-corrected chi connectivity index (χ3v) is 1.39. The molecule has 0 spiro atoms. The molecular weight excluding hydrogens is 152 g/mol. The van der Waals surface area contributed by atoms with Crippen LogP contribution in [0.15, 0.2) is 0 Å². The van der Waals surface area contributed by atoms with E-state index in [1.54, 1.807) is 0 Å². The molecule has 0 radical (unpaired) electrons. The number of carbonyl (C=O) groups excluding carboxylic acids is 1. The van der Waals surface area contributed by atoms with Gasteiger partial charge in [-0.2, -0.15) is 0 Å². The van der Waals surface area contributed by atoms with Crippen molar-refractivity contribution in [2.75, 3.05) is 13.1 Å². The molecule has 3 N–H and O–H groups in total. The fourth-order valence-corrected chi connectivity index (χ4v) is 0.685. The molecule has 1 rings (SSSR count). The molecule has 1 aliphatic carbocycles. The van der Waals surface area contributed by atoms with Crippen LogP contribution in [-0.4, -0.2) is 19.0 Å². The molecule has 0 heterocycles. The lowest BCUT2D eigenvalue weighted by Crippen LogP contribution is -2.29. The number of amides is 1. The van der Waals surface area contributed by atoms with E-state index in [1.165, 1.54) is 0 Å². The molecule has 4 heteroatoms. The Labute approximate surface area is 66.8 Å². The monoisotopic (exact) mass is 164 g/mol. The molecule has 3 nitrogen and oxygen atoms in total. The Bertz CT molecular complexity index is 114. The normalized spacial score (nSPS) is 15.7. The third-order valence-electron chi connectivity index (χ3n) is 1.39. The van der Waals surface area contributed by atoms with Crippen molar-refractivity contribution in [3.63, 3.8) is 0 Å². The van der Waals surface area contributed by atoms with E-state index < -0.39 is 0 Å². The molecule has 0 aliphatic heterocycles. The highest BCUT2D eigenvalue weighted by molar-refractivity contribution is 5.85. The molecule has 10 heavy (non-hydrogen) atoms. The molecule has 60 valence electrons. The van der Waals surface area contributed by atoms with Crippen molar-refractivity contribution in [3.8, 4) is 0 Å². The molecule has 1 fully saturated rings. The first-order valence-corrected chi connectivity index (χ1v) is 3.32. The summed E-state index contributed by atoms with van der Waals surface area (Å²) in [5, 5.41) is 2.73. The average molecular weight is 165 g/mol. The lowest BCUT2D eigenvalue weighted by molar-refractivity contribution is -0.122. The molecule has 0 bridgehead atoms. The summed E-state index contributed by atoms with van der Waals surface area (Å²) in [6.07, 6.45) is 2.13. The van der Waals surface area contributed by atoms with E-state index in [0.717, 1.165) is 12.8 Å². The van der Waals surface area contributed by atoms with Crippen molar-refractivity contribution in [1.29, 1.82) is 0 Å². The number of nitrogens with two attached hydrogens (primary N) is 1. The topological polar surface area (TPSA) is 55.1 Å². The Balaban J connectivity index is 0.000000810. The van der Waals surface area contributed by atoms with Gasteiger partial charge in [-0.15, -0.1) is 12.4 Å². The van der Waals surface area contributed by atoms with Gasteiger partial charge in [0.05, 0.1) is 0 Å². The molecular formula is C6H13ClN2O. The molecule has 0 aromatic carbocycles. The van der Waals surface area contributed by atoms with E-state index in [2.05, 4.69) is 5.32 Å². The summed E-state index contributed by atoms with van der Waals surface area (Å²) in [4.78, 5) is 10.8. The van der Waals surface area contributed by atoms with Gasteiger partial charge in [-0.05, 0) is 12.8 Å². The zero-order valence-corrected chi connectivity index (χ0v) is 6.62. The fourth-order valence-electron chi connectivity index (χ4n) is 0.685. The number of hydrogen-bond acceptors (Lipinski definition) is 2. The molecule has 0 aromatic rings. The van der Waals surface area contributed by atoms with Crippen LogP contribution < -0.4 is 11.1 Å². The minimum absolute atomic E-state index is 0. The van der Waals surface area contributed by atoms with Gasteiger partial charge in [0, 0.05) is 19.0 Å². The van der Waals surface area contributed by atoms with E-state index in [-0.39, 0.29) is 18.3 Å². The fraction of sp³-hybridized carbons (Fsp3) is 0.833. The first-order chi connectivity index (χ1) is 4.34. The van der Waals surface area contributed by atoms with E-state index in [9.17, 15) is 4.79 Å². The van der Waals surface area contributed by atoms with Crippen LogP contribution in [0, 0.1) is 5.92 Å². The van der Waals surface area contributed by atoms with Crippen molar-refractivity contribution in [2.24, 2.45) is 11.7 Å². The zero-order chi connectivity index (χ0) is 6.69. The standard InChI is InChI=1S/C6H12N2O.ClH/c7-3-4-8-6(9)5-1-2-5;/h5H,1-4,7H2,(H,8,9);1H. The molecule has 0 aromatic heterocycles. The zero-order valence-electron chi connectivity index (χ0n) is 5.80. The number of nitrogens with one attached hydrogen (secondary N) is 1. The van der Waals surface area contributed by atoms with Crippen molar-refractivity contribution in [1.82, 2.24) is 5.32 Å². The summed E-state index contributed by atoms with van der Waals surface area (Å²) >= 11 is 0. The van der Waals surface area contributed by atoms with Crippen LogP contribution in [0.2, 0.25) is 0 Å². The van der Waals surface area contributed by atoms with Crippen molar-refractivity contribution in [3.05, 3.63) is 0 Å². The van der Waals surface area contributed by atoms with Crippen molar-refractivity contribution >= 4 is 18.3 Å². The van der Waals surface area contributed by atoms with Gasteiger partial charge in [0.2, 0.25) is 5.91 Å². The molecule has 1 amide bonds. The second-order valence-electron chi connectivity index (χ2n) is 2.35. The van der Waals surface area contributed by atoms with Crippen LogP contribution in [0.5, 0.6) is 0 Å². The van der Waals surface area contributed by atoms with Gasteiger partial charge in [-0.25, -0.2) is 0 Å². The van der Waals surface area contributed by atoms with Gasteiger partial charge < -0.3 is 11.1 Å². The Morgan fingerprint density at radius 2 is 2.20 bits per heavy atom. The van der Waals surface area contributed by atoms with Crippen molar-refractivity contribution < 1.29 is 4.79 Å². The smallest absolute Gasteiger partial charge is 0.223 e. The highest BCUT2D eigenvalue weighted by Gasteiger charge is 2.28. The minimum atomic E-state index is 0. The van der Waals surface area contributed by atoms with E-state index >= 15 is 0 Å². The van der Waals surface area contributed by atoms with Crippen LogP contribution in [0.4, 0.5) is 0 Å². The predicted molar refractivity (Wildman–Crippen MR) is 42.0 cm³/mol. The van der Waals surface area contributed by atoms with E-state index in [4.69, 9.17) is 5.73 Å². The first kappa shape index (κ1) is 9.72. The van der Waals surface area contributed by atoms with Gasteiger partial charge in [-0.1, -0.05) is 0 Å². The Morgan fingerprint density at radius 3 is 2.60 bits per heavy atom. The van der Waals surface area contributed by atoms with E-state index in [0.29, 0.717) is 19.0 Å². The highest BCUT2D eigenvalue weighted by Crippen LogP contribution is 2.28. The minimum Gasteiger partial charge on any atom is -0.355 e. The number of hydrogen-bond donors (Lipinski definition) is 2. The number of halogens is 1. The maximum atomic E-state index is 10.8. The Morgan fingerprint density at radius 1 is 1.60 bits per heavy atom. The summed E-state index contributed by atoms with van der Waals surface area (Å²) in [5.41, 5.74) is 5.18. The summed E-state index contributed by atoms with van der Waals surface area (Å²) in [6, 6.07) is 0. The summed E-state index contributed by atoms with van der Waals surface area (Å²) in [5.74, 6) is 0.497. The third kappa shape index (κ3) is 3.03. The maximum Gasteiger partial charge on any atom is 0.223 e. The lowest BCUT2D eigenvalue weighted by Gasteiger charge is -1.98. The van der Waals surface area contributed by atoms with Crippen LogP contribution in [0.3, 0.4) is 0 Å². The van der Waals surface area contributed by atoms with Gasteiger partial charge >= 0.3 is 0 Å². The molecule has 1 saturated carbocycles. The first-order valence-electron chi connectivity index (χ1n) is 3.32. The molecule has 1 aliphatic rings. The Hall–Kier alpha value is -0.280. The van der Waals surface area contributed by atoms with Crippen molar-refractivity contribution in [2.45, 2.75) is 12.8 Å². The predicted octanol–water partition coefficient (Wildman–Crippen LogP) is -0.107. The average Bonchev–Trinajstić information content (AvgIpc) is 2.63. The highest BCUT2D eigenvalue weighted by atomic mass is 35.5. The lowest BCUT2D eigenvalue weighted by atomic mass is 10.4.